The number of nitrogens with zero attached hydrogens (tertiary/aromatic N) is 2. The van der Waals surface area contributed by atoms with Gasteiger partial charge in [0.1, 0.15) is 17.3 Å². The highest BCUT2D eigenvalue weighted by Crippen LogP contribution is 2.44. The van der Waals surface area contributed by atoms with E-state index in [1.54, 1.807) is 48.8 Å². The van der Waals surface area contributed by atoms with Gasteiger partial charge in [-0.2, -0.15) is 0 Å². The number of aliphatic hydroxyl groups excluding tert-OH is 1. The highest BCUT2D eigenvalue weighted by atomic mass is 35.5. The molecule has 0 aliphatic carbocycles. The second kappa shape index (κ2) is 9.13. The van der Waals surface area contributed by atoms with Gasteiger partial charge in [-0.3, -0.25) is 19.5 Å². The fourth-order valence-electron chi connectivity index (χ4n) is 3.78. The largest absolute Gasteiger partial charge is 0.507 e. The van der Waals surface area contributed by atoms with Gasteiger partial charge in [0.25, 0.3) is 11.7 Å². The maximum absolute atomic E-state index is 13.2. The number of rotatable bonds is 5. The fourth-order valence-corrected chi connectivity index (χ4v) is 4.19. The maximum Gasteiger partial charge on any atom is 0.300 e. The van der Waals surface area contributed by atoms with Crippen LogP contribution in [-0.2, 0) is 9.59 Å². The summed E-state index contributed by atoms with van der Waals surface area (Å²) in [6.07, 6.45) is 3.08. The van der Waals surface area contributed by atoms with Crippen LogP contribution in [0.1, 0.15) is 17.2 Å². The van der Waals surface area contributed by atoms with E-state index in [1.807, 2.05) is 0 Å². The predicted molar refractivity (Wildman–Crippen MR) is 125 cm³/mol. The van der Waals surface area contributed by atoms with Gasteiger partial charge in [0, 0.05) is 29.2 Å². The lowest BCUT2D eigenvalue weighted by Crippen LogP contribution is -2.29. The Morgan fingerprint density at radius 1 is 1.00 bits per heavy atom. The van der Waals surface area contributed by atoms with E-state index in [0.29, 0.717) is 16.3 Å². The number of hydrogen-bond acceptors (Lipinski definition) is 6. The summed E-state index contributed by atoms with van der Waals surface area (Å²) >= 11 is 12.3. The number of Topliss-reactive ketones (excluding diaryl/α,β-unsaturated/α-hetero) is 1. The molecule has 1 aromatic heterocycles. The van der Waals surface area contributed by atoms with Crippen molar-refractivity contribution < 1.29 is 24.2 Å². The van der Waals surface area contributed by atoms with Gasteiger partial charge in [0.2, 0.25) is 0 Å². The Hall–Kier alpha value is -3.55. The van der Waals surface area contributed by atoms with Crippen molar-refractivity contribution in [2.75, 3.05) is 19.1 Å². The van der Waals surface area contributed by atoms with E-state index in [2.05, 4.69) is 4.98 Å². The molecule has 7 nitrogen and oxygen atoms in total. The van der Waals surface area contributed by atoms with Gasteiger partial charge in [0.15, 0.2) is 0 Å². The number of carbonyl (C=O) groups excluding carboxylic acids is 2. The third kappa shape index (κ3) is 4.01. The molecule has 3 aromatic rings. The molecule has 1 N–H and O–H groups in total. The number of aromatic nitrogens is 1. The lowest BCUT2D eigenvalue weighted by molar-refractivity contribution is -0.132. The number of methoxy groups -OCH3 is 2. The molecule has 1 saturated heterocycles. The van der Waals surface area contributed by atoms with Crippen LogP contribution in [-0.4, -0.2) is 36.0 Å². The van der Waals surface area contributed by atoms with Gasteiger partial charge in [-0.05, 0) is 42.0 Å². The molecule has 1 unspecified atom stereocenters. The fraction of sp³-hybridized carbons (Fsp3) is 0.125. The number of aliphatic hydroxyl groups is 1. The van der Waals surface area contributed by atoms with E-state index in [9.17, 15) is 14.7 Å². The number of amides is 1. The number of anilines is 1. The Balaban J connectivity index is 1.99. The van der Waals surface area contributed by atoms with E-state index in [4.69, 9.17) is 32.7 Å². The Morgan fingerprint density at radius 2 is 1.70 bits per heavy atom. The number of ketones is 1. The number of hydrogen-bond donors (Lipinski definition) is 1. The van der Waals surface area contributed by atoms with Crippen molar-refractivity contribution in [3.05, 3.63) is 87.7 Å². The molecule has 0 spiro atoms. The average molecular weight is 485 g/mol. The van der Waals surface area contributed by atoms with Gasteiger partial charge in [-0.25, -0.2) is 0 Å². The summed E-state index contributed by atoms with van der Waals surface area (Å²) in [6, 6.07) is 11.9. The molecule has 1 aliphatic rings. The topological polar surface area (TPSA) is 89.0 Å². The monoisotopic (exact) mass is 484 g/mol. The molecular weight excluding hydrogens is 467 g/mol. The first-order valence-electron chi connectivity index (χ1n) is 9.75. The lowest BCUT2D eigenvalue weighted by atomic mass is 9.95. The van der Waals surface area contributed by atoms with E-state index in [0.717, 1.165) is 0 Å². The summed E-state index contributed by atoms with van der Waals surface area (Å²) in [7, 11) is 2.83. The molecule has 168 valence electrons. The number of ether oxygens (including phenoxy) is 2. The zero-order valence-electron chi connectivity index (χ0n) is 17.6. The van der Waals surface area contributed by atoms with Crippen LogP contribution in [0.4, 0.5) is 5.69 Å². The number of benzene rings is 2. The quantitative estimate of drug-likeness (QED) is 0.310. The second-order valence-electron chi connectivity index (χ2n) is 7.12. The highest BCUT2D eigenvalue weighted by Gasteiger charge is 2.47. The van der Waals surface area contributed by atoms with Gasteiger partial charge in [-0.15, -0.1) is 0 Å². The first kappa shape index (κ1) is 22.6. The van der Waals surface area contributed by atoms with Gasteiger partial charge < -0.3 is 14.6 Å². The Bertz CT molecular complexity index is 1280. The van der Waals surface area contributed by atoms with E-state index >= 15 is 0 Å². The third-order valence-electron chi connectivity index (χ3n) is 5.28. The molecule has 33 heavy (non-hydrogen) atoms. The van der Waals surface area contributed by atoms with Crippen molar-refractivity contribution >= 4 is 46.3 Å². The summed E-state index contributed by atoms with van der Waals surface area (Å²) < 4.78 is 10.6. The molecule has 1 aliphatic heterocycles. The van der Waals surface area contributed by atoms with Crippen LogP contribution in [0.3, 0.4) is 0 Å². The zero-order valence-corrected chi connectivity index (χ0v) is 19.1. The van der Waals surface area contributed by atoms with E-state index in [1.165, 1.54) is 31.3 Å². The normalized spacial score (nSPS) is 17.3. The number of halogens is 2. The molecule has 2 aromatic carbocycles. The van der Waals surface area contributed by atoms with Crippen LogP contribution in [0.15, 0.2) is 66.5 Å². The summed E-state index contributed by atoms with van der Waals surface area (Å²) in [5.74, 6) is -1.61. The molecule has 0 bridgehead atoms. The minimum absolute atomic E-state index is 0.117. The SMILES string of the molecule is COc1cc(/C(O)=C2\C(=O)C(=O)N(c3cccc(Cl)c3)C2c2ccncc2)c(OC)cc1Cl. The van der Waals surface area contributed by atoms with Crippen LogP contribution >= 0.6 is 23.2 Å². The molecule has 2 heterocycles. The maximum atomic E-state index is 13.2. The van der Waals surface area contributed by atoms with Crippen molar-refractivity contribution in [3.8, 4) is 11.5 Å². The minimum Gasteiger partial charge on any atom is -0.507 e. The number of carbonyl (C=O) groups is 2. The Morgan fingerprint density at radius 3 is 2.33 bits per heavy atom. The summed E-state index contributed by atoms with van der Waals surface area (Å²) in [4.78, 5) is 31.7. The molecular formula is C24H18Cl2N2O5. The Kier molecular flexibility index (Phi) is 6.26. The molecule has 9 heteroatoms. The summed E-state index contributed by atoms with van der Waals surface area (Å²) in [6.45, 7) is 0. The first-order valence-corrected chi connectivity index (χ1v) is 10.5. The molecule has 4 rings (SSSR count). The molecule has 1 atom stereocenters. The van der Waals surface area contributed by atoms with Crippen LogP contribution in [0.25, 0.3) is 5.76 Å². The van der Waals surface area contributed by atoms with Crippen molar-refractivity contribution in [2.45, 2.75) is 6.04 Å². The number of pyridine rings is 1. The van der Waals surface area contributed by atoms with E-state index in [-0.39, 0.29) is 27.7 Å². The van der Waals surface area contributed by atoms with Gasteiger partial charge >= 0.3 is 0 Å². The van der Waals surface area contributed by atoms with E-state index < -0.39 is 23.5 Å². The Labute approximate surface area is 199 Å². The van der Waals surface area contributed by atoms with Crippen LogP contribution in [0.2, 0.25) is 10.0 Å². The standard InChI is InChI=1S/C24H18Cl2N2O5/c1-32-18-12-17(26)19(33-2)11-16(18)22(29)20-21(13-6-8-27-9-7-13)28(24(31)23(20)30)15-5-3-4-14(25)10-15/h3-12,21,29H,1-2H3/b22-20+. The minimum atomic E-state index is -0.933. The highest BCUT2D eigenvalue weighted by molar-refractivity contribution is 6.52. The van der Waals surface area contributed by atoms with Crippen LogP contribution < -0.4 is 14.4 Å². The van der Waals surface area contributed by atoms with Crippen molar-refractivity contribution in [1.82, 2.24) is 4.98 Å². The summed E-state index contributed by atoms with van der Waals surface area (Å²) in [5.41, 5.74) is 1.02. The zero-order chi connectivity index (χ0) is 23.7. The second-order valence-corrected chi connectivity index (χ2v) is 7.96. The predicted octanol–water partition coefficient (Wildman–Crippen LogP) is 5.03. The molecule has 0 radical (unpaired) electrons. The smallest absolute Gasteiger partial charge is 0.300 e. The molecule has 1 amide bonds. The van der Waals surface area contributed by atoms with Crippen molar-refractivity contribution in [3.63, 3.8) is 0 Å². The van der Waals surface area contributed by atoms with Gasteiger partial charge in [0.05, 0.1) is 36.4 Å². The molecule has 1 fully saturated rings. The molecule has 0 saturated carbocycles. The van der Waals surface area contributed by atoms with Gasteiger partial charge in [-0.1, -0.05) is 29.3 Å². The van der Waals surface area contributed by atoms with Crippen LogP contribution in [0.5, 0.6) is 11.5 Å². The van der Waals surface area contributed by atoms with Crippen molar-refractivity contribution in [1.29, 1.82) is 0 Å². The third-order valence-corrected chi connectivity index (χ3v) is 5.81. The average Bonchev–Trinajstić information content (AvgIpc) is 3.09. The summed E-state index contributed by atoms with van der Waals surface area (Å²) in [5, 5.41) is 12.0. The van der Waals surface area contributed by atoms with Crippen LogP contribution in [0, 0.1) is 0 Å². The lowest BCUT2D eigenvalue weighted by Gasteiger charge is -2.25. The van der Waals surface area contributed by atoms with Crippen molar-refractivity contribution in [2.24, 2.45) is 0 Å². The first-order chi connectivity index (χ1) is 15.9.